The summed E-state index contributed by atoms with van der Waals surface area (Å²) < 4.78 is 4.15. The van der Waals surface area contributed by atoms with E-state index in [1.807, 2.05) is 0 Å². The summed E-state index contributed by atoms with van der Waals surface area (Å²) in [6.45, 7) is 11.5. The number of hydrogen-bond acceptors (Lipinski definition) is 1. The molecular formula is C31H56I3N. The van der Waals surface area contributed by atoms with E-state index < -0.39 is 0 Å². The van der Waals surface area contributed by atoms with E-state index in [0.717, 1.165) is 0 Å². The van der Waals surface area contributed by atoms with Crippen LogP contribution in [0.25, 0.3) is 0 Å². The number of alkyl halides is 1. The number of unbranched alkanes of at least 4 members (excludes halogenated alkanes) is 15. The van der Waals surface area contributed by atoms with Crippen molar-refractivity contribution in [1.29, 1.82) is 0 Å². The van der Waals surface area contributed by atoms with E-state index in [9.17, 15) is 0 Å². The van der Waals surface area contributed by atoms with Crippen LogP contribution in [0.1, 0.15) is 142 Å². The number of benzene rings is 1. The van der Waals surface area contributed by atoms with Crippen LogP contribution in [0.2, 0.25) is 0 Å². The number of halogens is 3. The molecule has 0 saturated heterocycles. The van der Waals surface area contributed by atoms with Crippen LogP contribution in [0, 0.1) is 14.1 Å². The van der Waals surface area contributed by atoms with Gasteiger partial charge in [-0.1, -0.05) is 140 Å². The molecule has 35 heavy (non-hydrogen) atoms. The number of hydrogen-bond donors (Lipinski definition) is 0. The average Bonchev–Trinajstić information content (AvgIpc) is 2.85. The van der Waals surface area contributed by atoms with E-state index in [4.69, 9.17) is 0 Å². The molecule has 0 aliphatic rings. The van der Waals surface area contributed by atoms with E-state index in [0.29, 0.717) is 0 Å². The lowest BCUT2D eigenvalue weighted by molar-refractivity contribution is 0.574. The Morgan fingerprint density at radius 2 is 0.943 bits per heavy atom. The predicted molar refractivity (Wildman–Crippen MR) is 188 cm³/mol. The number of nitrogens with zero attached hydrogens (tertiary/aromatic N) is 1. The third-order valence-corrected chi connectivity index (χ3v) is 9.41. The molecule has 0 spiro atoms. The van der Waals surface area contributed by atoms with Gasteiger partial charge in [-0.05, 0) is 93.5 Å². The van der Waals surface area contributed by atoms with Gasteiger partial charge in [0.15, 0.2) is 0 Å². The van der Waals surface area contributed by atoms with Crippen LogP contribution in [0.3, 0.4) is 0 Å². The maximum atomic E-state index is 2.67. The fraction of sp³-hybridized carbons (Fsp3) is 0.806. The van der Waals surface area contributed by atoms with Crippen molar-refractivity contribution < 1.29 is 0 Å². The minimum absolute atomic E-state index is 1.22. The van der Waals surface area contributed by atoms with Crippen LogP contribution in [0.4, 0.5) is 5.69 Å². The van der Waals surface area contributed by atoms with Gasteiger partial charge in [-0.25, -0.2) is 0 Å². The molecule has 0 bridgehead atoms. The molecule has 0 atom stereocenters. The number of anilines is 1. The molecule has 0 aromatic heterocycles. The SMILES string of the molecule is CCCCCCCCI.CCCCCCCCN(CCCCCCCC)c1cc(I)c(C)cc1I. The van der Waals surface area contributed by atoms with Gasteiger partial charge < -0.3 is 4.90 Å². The first-order chi connectivity index (χ1) is 17.0. The Kier molecular flexibility index (Phi) is 27.7. The van der Waals surface area contributed by atoms with Gasteiger partial charge in [-0.15, -0.1) is 0 Å². The molecule has 0 N–H and O–H groups in total. The lowest BCUT2D eigenvalue weighted by Crippen LogP contribution is -2.26. The quantitative estimate of drug-likeness (QED) is 0.0678. The monoisotopic (exact) mass is 823 g/mol. The first-order valence-electron chi connectivity index (χ1n) is 14.8. The lowest BCUT2D eigenvalue weighted by Gasteiger charge is -2.27. The molecule has 1 rings (SSSR count). The second kappa shape index (κ2) is 26.8. The lowest BCUT2D eigenvalue weighted by atomic mass is 10.1. The Morgan fingerprint density at radius 3 is 1.37 bits per heavy atom. The Morgan fingerprint density at radius 1 is 0.543 bits per heavy atom. The zero-order chi connectivity index (χ0) is 26.2. The summed E-state index contributed by atoms with van der Waals surface area (Å²) in [7, 11) is 0. The van der Waals surface area contributed by atoms with Crippen molar-refractivity contribution in [2.24, 2.45) is 0 Å². The molecule has 0 radical (unpaired) electrons. The highest BCUT2D eigenvalue weighted by Crippen LogP contribution is 2.28. The topological polar surface area (TPSA) is 3.24 Å². The first kappa shape index (κ1) is 36.2. The van der Waals surface area contributed by atoms with Gasteiger partial charge in [0.05, 0.1) is 5.69 Å². The largest absolute Gasteiger partial charge is 0.371 e. The van der Waals surface area contributed by atoms with Crippen molar-refractivity contribution in [3.8, 4) is 0 Å². The van der Waals surface area contributed by atoms with Gasteiger partial charge in [-0.2, -0.15) is 0 Å². The summed E-state index contributed by atoms with van der Waals surface area (Å²) in [4.78, 5) is 2.67. The van der Waals surface area contributed by atoms with Crippen LogP contribution < -0.4 is 4.90 Å². The van der Waals surface area contributed by atoms with E-state index in [1.54, 1.807) is 0 Å². The molecule has 1 aromatic rings. The van der Waals surface area contributed by atoms with Gasteiger partial charge in [0.1, 0.15) is 0 Å². The fourth-order valence-corrected chi connectivity index (χ4v) is 6.23. The molecule has 0 fully saturated rings. The number of aryl methyl sites for hydroxylation is 1. The van der Waals surface area contributed by atoms with E-state index in [-0.39, 0.29) is 0 Å². The summed E-state index contributed by atoms with van der Waals surface area (Å²) in [5.74, 6) is 0. The van der Waals surface area contributed by atoms with Gasteiger partial charge in [0.2, 0.25) is 0 Å². The molecular weight excluding hydrogens is 767 g/mol. The van der Waals surface area contributed by atoms with E-state index in [1.165, 1.54) is 151 Å². The summed E-state index contributed by atoms with van der Waals surface area (Å²) in [6.07, 6.45) is 25.1. The zero-order valence-corrected chi connectivity index (χ0v) is 30.1. The standard InChI is InChI=1S/C23H39I2N.C8H17I/c1-4-6-8-10-12-14-16-26(17-15-13-11-9-7-5-2)23-19-21(24)20(3)18-22(23)25;1-2-3-4-5-6-7-8-9/h18-19H,4-17H2,1-3H3;2-8H2,1H3. The molecule has 0 unspecified atom stereocenters. The van der Waals surface area contributed by atoms with Crippen molar-refractivity contribution in [1.82, 2.24) is 0 Å². The van der Waals surface area contributed by atoms with Crippen molar-refractivity contribution in [3.05, 3.63) is 24.8 Å². The van der Waals surface area contributed by atoms with Crippen molar-refractivity contribution in [3.63, 3.8) is 0 Å². The van der Waals surface area contributed by atoms with E-state index in [2.05, 4.69) is 113 Å². The molecule has 0 heterocycles. The van der Waals surface area contributed by atoms with Gasteiger partial charge >= 0.3 is 0 Å². The molecule has 4 heteroatoms. The summed E-state index contributed by atoms with van der Waals surface area (Å²) in [6, 6.07) is 4.76. The maximum Gasteiger partial charge on any atom is 0.0512 e. The minimum Gasteiger partial charge on any atom is -0.371 e. The average molecular weight is 824 g/mol. The smallest absolute Gasteiger partial charge is 0.0512 e. The predicted octanol–water partition coefficient (Wildman–Crippen LogP) is 12.5. The van der Waals surface area contributed by atoms with Crippen LogP contribution in [0.15, 0.2) is 12.1 Å². The normalized spacial score (nSPS) is 10.8. The Bertz CT molecular complexity index is 569. The van der Waals surface area contributed by atoms with Crippen molar-refractivity contribution >= 4 is 73.5 Å². The third kappa shape index (κ3) is 20.8. The molecule has 0 saturated carbocycles. The number of rotatable bonds is 21. The highest BCUT2D eigenvalue weighted by molar-refractivity contribution is 14.1. The summed E-state index contributed by atoms with van der Waals surface area (Å²) >= 11 is 7.47. The van der Waals surface area contributed by atoms with E-state index >= 15 is 0 Å². The molecule has 1 aromatic carbocycles. The van der Waals surface area contributed by atoms with Crippen molar-refractivity contribution in [2.45, 2.75) is 143 Å². The summed E-state index contributed by atoms with van der Waals surface area (Å²) in [5.41, 5.74) is 2.86. The van der Waals surface area contributed by atoms with Crippen LogP contribution in [-0.4, -0.2) is 17.5 Å². The highest BCUT2D eigenvalue weighted by Gasteiger charge is 2.12. The highest BCUT2D eigenvalue weighted by atomic mass is 127. The Hall–Kier alpha value is 1.21. The molecule has 0 aliphatic carbocycles. The van der Waals surface area contributed by atoms with Crippen LogP contribution in [-0.2, 0) is 0 Å². The first-order valence-corrected chi connectivity index (χ1v) is 18.5. The zero-order valence-electron chi connectivity index (χ0n) is 23.6. The second-order valence-corrected chi connectivity index (χ2v) is 13.4. The van der Waals surface area contributed by atoms with Crippen LogP contribution in [0.5, 0.6) is 0 Å². The molecule has 0 aliphatic heterocycles. The van der Waals surface area contributed by atoms with Gasteiger partial charge in [0.25, 0.3) is 0 Å². The minimum atomic E-state index is 1.22. The molecule has 206 valence electrons. The molecule has 0 amide bonds. The van der Waals surface area contributed by atoms with Crippen molar-refractivity contribution in [2.75, 3.05) is 22.4 Å². The fourth-order valence-electron chi connectivity index (χ4n) is 4.27. The third-order valence-electron chi connectivity index (χ3n) is 6.62. The summed E-state index contributed by atoms with van der Waals surface area (Å²) in [5, 5.41) is 0. The second-order valence-electron chi connectivity index (χ2n) is 10.0. The van der Waals surface area contributed by atoms with Gasteiger partial charge in [-0.3, -0.25) is 0 Å². The molecule has 1 nitrogen and oxygen atoms in total. The Balaban J connectivity index is 0.00000109. The van der Waals surface area contributed by atoms with Gasteiger partial charge in [0, 0.05) is 20.2 Å². The van der Waals surface area contributed by atoms with Crippen LogP contribution >= 0.6 is 67.8 Å². The maximum absolute atomic E-state index is 2.67. The Labute approximate surface area is 261 Å².